The molecule has 2 aromatic carbocycles. The Morgan fingerprint density at radius 2 is 2.00 bits per heavy atom. The van der Waals surface area contributed by atoms with Crippen LogP contribution in [-0.2, 0) is 11.2 Å². The average Bonchev–Trinajstić information content (AvgIpc) is 3.24. The SMILES string of the molecule is COc1ccc(CCNC(=O)c2ccc3c(c2)NC(=O)C2CCCN32)cc1OC. The fraction of sp³-hybridized carbons (Fsp3) is 0.364. The van der Waals surface area contributed by atoms with Crippen molar-refractivity contribution in [3.05, 3.63) is 47.5 Å². The Morgan fingerprint density at radius 1 is 1.17 bits per heavy atom. The largest absolute Gasteiger partial charge is 0.493 e. The summed E-state index contributed by atoms with van der Waals surface area (Å²) in [5, 5.41) is 5.89. The molecule has 2 aliphatic heterocycles. The summed E-state index contributed by atoms with van der Waals surface area (Å²) in [5.41, 5.74) is 3.28. The summed E-state index contributed by atoms with van der Waals surface area (Å²) in [6.07, 6.45) is 2.56. The minimum atomic E-state index is -0.161. The van der Waals surface area contributed by atoms with E-state index in [1.165, 1.54) is 0 Å². The lowest BCUT2D eigenvalue weighted by Gasteiger charge is -2.33. The van der Waals surface area contributed by atoms with Crippen molar-refractivity contribution in [3.8, 4) is 11.5 Å². The van der Waals surface area contributed by atoms with Crippen LogP contribution >= 0.6 is 0 Å². The maximum atomic E-state index is 12.6. The molecule has 1 saturated heterocycles. The second-order valence-electron chi connectivity index (χ2n) is 7.27. The first-order valence-electron chi connectivity index (χ1n) is 9.81. The molecule has 2 heterocycles. The predicted octanol–water partition coefficient (Wildman–Crippen LogP) is 2.60. The van der Waals surface area contributed by atoms with Crippen molar-refractivity contribution in [2.24, 2.45) is 0 Å². The molecule has 29 heavy (non-hydrogen) atoms. The summed E-state index contributed by atoms with van der Waals surface area (Å²) in [5.74, 6) is 1.20. The zero-order valence-electron chi connectivity index (χ0n) is 16.7. The van der Waals surface area contributed by atoms with E-state index in [1.54, 1.807) is 20.3 Å². The van der Waals surface area contributed by atoms with Gasteiger partial charge in [0, 0.05) is 18.7 Å². The minimum Gasteiger partial charge on any atom is -0.493 e. The van der Waals surface area contributed by atoms with Gasteiger partial charge in [-0.3, -0.25) is 9.59 Å². The normalized spacial score (nSPS) is 17.2. The number of anilines is 2. The highest BCUT2D eigenvalue weighted by Crippen LogP contribution is 2.37. The van der Waals surface area contributed by atoms with Crippen LogP contribution in [0, 0.1) is 0 Å². The molecule has 7 heteroatoms. The van der Waals surface area contributed by atoms with Gasteiger partial charge in [-0.1, -0.05) is 6.07 Å². The first kappa shape index (κ1) is 19.1. The van der Waals surface area contributed by atoms with E-state index in [-0.39, 0.29) is 17.9 Å². The summed E-state index contributed by atoms with van der Waals surface area (Å²) in [6, 6.07) is 11.1. The molecule has 152 valence electrons. The van der Waals surface area contributed by atoms with E-state index >= 15 is 0 Å². The van der Waals surface area contributed by atoms with Crippen molar-refractivity contribution in [2.75, 3.05) is 37.5 Å². The molecule has 0 aliphatic carbocycles. The summed E-state index contributed by atoms with van der Waals surface area (Å²) in [7, 11) is 3.20. The standard InChI is InChI=1S/C22H25N3O4/c1-28-19-8-5-14(12-20(19)29-2)9-10-23-21(26)15-6-7-17-16(13-15)24-22(27)18-4-3-11-25(17)18/h5-8,12-13,18H,3-4,9-11H2,1-2H3,(H,23,26)(H,24,27). The summed E-state index contributed by atoms with van der Waals surface area (Å²) >= 11 is 0. The maximum absolute atomic E-state index is 12.6. The Labute approximate surface area is 170 Å². The molecule has 2 aromatic rings. The summed E-state index contributed by atoms with van der Waals surface area (Å²) < 4.78 is 10.6. The number of nitrogens with one attached hydrogen (secondary N) is 2. The molecular formula is C22H25N3O4. The van der Waals surface area contributed by atoms with Gasteiger partial charge in [0.05, 0.1) is 25.6 Å². The van der Waals surface area contributed by atoms with E-state index < -0.39 is 0 Å². The lowest BCUT2D eigenvalue weighted by molar-refractivity contribution is -0.117. The molecule has 1 unspecified atom stereocenters. The topological polar surface area (TPSA) is 79.9 Å². The van der Waals surface area contributed by atoms with Gasteiger partial charge in [0.25, 0.3) is 5.91 Å². The van der Waals surface area contributed by atoms with Crippen molar-refractivity contribution in [2.45, 2.75) is 25.3 Å². The maximum Gasteiger partial charge on any atom is 0.251 e. The van der Waals surface area contributed by atoms with E-state index in [9.17, 15) is 9.59 Å². The number of methoxy groups -OCH3 is 2. The Kier molecular flexibility index (Phi) is 5.29. The molecule has 2 amide bonds. The van der Waals surface area contributed by atoms with Gasteiger partial charge < -0.3 is 25.0 Å². The monoisotopic (exact) mass is 395 g/mol. The van der Waals surface area contributed by atoms with Gasteiger partial charge in [0.2, 0.25) is 5.91 Å². The number of hydrogen-bond acceptors (Lipinski definition) is 5. The number of amides is 2. The van der Waals surface area contributed by atoms with Crippen LogP contribution in [0.4, 0.5) is 11.4 Å². The zero-order chi connectivity index (χ0) is 20.4. The molecule has 2 aliphatic rings. The Balaban J connectivity index is 1.39. The molecule has 4 rings (SSSR count). The molecular weight excluding hydrogens is 370 g/mol. The number of benzene rings is 2. The fourth-order valence-electron chi connectivity index (χ4n) is 4.03. The Bertz CT molecular complexity index is 944. The van der Waals surface area contributed by atoms with Crippen LogP contribution in [0.3, 0.4) is 0 Å². The van der Waals surface area contributed by atoms with Crippen molar-refractivity contribution in [1.82, 2.24) is 5.32 Å². The first-order valence-corrected chi connectivity index (χ1v) is 9.81. The van der Waals surface area contributed by atoms with E-state index in [2.05, 4.69) is 15.5 Å². The number of hydrogen-bond donors (Lipinski definition) is 2. The highest BCUT2D eigenvalue weighted by Gasteiger charge is 2.36. The van der Waals surface area contributed by atoms with Crippen molar-refractivity contribution in [1.29, 1.82) is 0 Å². The third-order valence-corrected chi connectivity index (χ3v) is 5.53. The molecule has 0 aromatic heterocycles. The average molecular weight is 395 g/mol. The lowest BCUT2D eigenvalue weighted by Crippen LogP contribution is -2.44. The molecule has 0 bridgehead atoms. The number of fused-ring (bicyclic) bond motifs is 3. The van der Waals surface area contributed by atoms with Crippen LogP contribution in [-0.4, -0.2) is 45.2 Å². The molecule has 1 atom stereocenters. The number of rotatable bonds is 6. The van der Waals surface area contributed by atoms with Crippen molar-refractivity contribution >= 4 is 23.2 Å². The summed E-state index contributed by atoms with van der Waals surface area (Å²) in [4.78, 5) is 27.0. The third-order valence-electron chi connectivity index (χ3n) is 5.53. The highest BCUT2D eigenvalue weighted by atomic mass is 16.5. The first-order chi connectivity index (χ1) is 14.1. The van der Waals surface area contributed by atoms with Gasteiger partial charge in [-0.2, -0.15) is 0 Å². The fourth-order valence-corrected chi connectivity index (χ4v) is 4.03. The van der Waals surface area contributed by atoms with Gasteiger partial charge in [-0.15, -0.1) is 0 Å². The van der Waals surface area contributed by atoms with Gasteiger partial charge in [-0.05, 0) is 55.2 Å². The number of carbonyl (C=O) groups excluding carboxylic acids is 2. The second-order valence-corrected chi connectivity index (χ2v) is 7.27. The van der Waals surface area contributed by atoms with Crippen LogP contribution in [0.25, 0.3) is 0 Å². The number of ether oxygens (including phenoxy) is 2. The van der Waals surface area contributed by atoms with Crippen molar-refractivity contribution in [3.63, 3.8) is 0 Å². The van der Waals surface area contributed by atoms with Crippen LogP contribution in [0.2, 0.25) is 0 Å². The second kappa shape index (κ2) is 8.03. The zero-order valence-corrected chi connectivity index (χ0v) is 16.7. The van der Waals surface area contributed by atoms with E-state index in [0.29, 0.717) is 35.7 Å². The lowest BCUT2D eigenvalue weighted by atomic mass is 10.1. The Hall–Kier alpha value is -3.22. The molecule has 1 fully saturated rings. The van der Waals surface area contributed by atoms with Gasteiger partial charge in [0.1, 0.15) is 6.04 Å². The molecule has 0 spiro atoms. The van der Waals surface area contributed by atoms with Gasteiger partial charge >= 0.3 is 0 Å². The minimum absolute atomic E-state index is 0.0148. The number of carbonyl (C=O) groups is 2. The van der Waals surface area contributed by atoms with E-state index in [1.807, 2.05) is 30.3 Å². The third kappa shape index (κ3) is 3.72. The number of nitrogens with zero attached hydrogens (tertiary/aromatic N) is 1. The predicted molar refractivity (Wildman–Crippen MR) is 111 cm³/mol. The molecule has 0 saturated carbocycles. The van der Waals surface area contributed by atoms with Crippen LogP contribution < -0.4 is 25.0 Å². The van der Waals surface area contributed by atoms with Crippen molar-refractivity contribution < 1.29 is 19.1 Å². The molecule has 7 nitrogen and oxygen atoms in total. The van der Waals surface area contributed by atoms with Crippen LogP contribution in [0.5, 0.6) is 11.5 Å². The van der Waals surface area contributed by atoms with Crippen LogP contribution in [0.1, 0.15) is 28.8 Å². The quantitative estimate of drug-likeness (QED) is 0.786. The van der Waals surface area contributed by atoms with Gasteiger partial charge in [-0.25, -0.2) is 0 Å². The van der Waals surface area contributed by atoms with E-state index in [4.69, 9.17) is 9.47 Å². The van der Waals surface area contributed by atoms with Crippen LogP contribution in [0.15, 0.2) is 36.4 Å². The van der Waals surface area contributed by atoms with E-state index in [0.717, 1.165) is 30.6 Å². The Morgan fingerprint density at radius 3 is 2.79 bits per heavy atom. The molecule has 2 N–H and O–H groups in total. The summed E-state index contributed by atoms with van der Waals surface area (Å²) in [6.45, 7) is 1.37. The highest BCUT2D eigenvalue weighted by molar-refractivity contribution is 6.06. The molecule has 0 radical (unpaired) electrons. The smallest absolute Gasteiger partial charge is 0.251 e. The van der Waals surface area contributed by atoms with Gasteiger partial charge in [0.15, 0.2) is 11.5 Å².